The Morgan fingerprint density at radius 3 is 1.02 bits per heavy atom. The average Bonchev–Trinajstić information content (AvgIpc) is 0.779. The van der Waals surface area contributed by atoms with Gasteiger partial charge in [0, 0.05) is 12.8 Å². The first kappa shape index (κ1) is 116. The van der Waals surface area contributed by atoms with Crippen LogP contribution in [0.3, 0.4) is 0 Å². The highest BCUT2D eigenvalue weighted by atomic mass is 16.8. The molecular weight excluding hydrogens is 1730 g/mol. The van der Waals surface area contributed by atoms with E-state index in [0.29, 0.717) is 137 Å². The second-order valence-electron chi connectivity index (χ2n) is 35.0. The summed E-state index contributed by atoms with van der Waals surface area (Å²) in [5.74, 6) is -2.68. The summed E-state index contributed by atoms with van der Waals surface area (Å²) in [6.45, 7) is 13.3. The van der Waals surface area contributed by atoms with Crippen molar-refractivity contribution in [2.24, 2.45) is 23.7 Å². The maximum Gasteiger partial charge on any atom is 0.246 e. The molecular formula is C89H161N5O37. The fourth-order valence-corrected chi connectivity index (χ4v) is 17.9. The summed E-state index contributed by atoms with van der Waals surface area (Å²) in [5, 5.41) is 117. The molecule has 4 aliphatic carbocycles. The van der Waals surface area contributed by atoms with E-state index in [1.807, 2.05) is 13.8 Å². The van der Waals surface area contributed by atoms with Crippen LogP contribution in [-0.2, 0) is 128 Å². The third kappa shape index (κ3) is 39.4. The van der Waals surface area contributed by atoms with E-state index in [1.165, 1.54) is 13.8 Å². The first-order chi connectivity index (χ1) is 62.3. The van der Waals surface area contributed by atoms with Gasteiger partial charge >= 0.3 is 0 Å². The maximum atomic E-state index is 13.9. The second-order valence-corrected chi connectivity index (χ2v) is 35.0. The molecule has 8 fully saturated rings. The van der Waals surface area contributed by atoms with Gasteiger partial charge in [-0.25, -0.2) is 0 Å². The zero-order chi connectivity index (χ0) is 93.0. The van der Waals surface area contributed by atoms with Crippen LogP contribution in [0.25, 0.3) is 0 Å². The molecule has 28 atom stereocenters. The van der Waals surface area contributed by atoms with Crippen LogP contribution >= 0.6 is 0 Å². The Morgan fingerprint density at radius 2 is 0.687 bits per heavy atom. The zero-order valence-electron chi connectivity index (χ0n) is 78.0. The quantitative estimate of drug-likeness (QED) is 0.0365. The molecule has 131 heavy (non-hydrogen) atoms. The first-order valence-corrected chi connectivity index (χ1v) is 47.3. The fraction of sp³-hybridized carbons (Fsp3) is 0.933. The van der Waals surface area contributed by atoms with Crippen molar-refractivity contribution in [2.75, 3.05) is 165 Å². The van der Waals surface area contributed by atoms with Crippen LogP contribution < -0.4 is 28.3 Å². The average molecular weight is 1890 g/mol. The van der Waals surface area contributed by atoms with Crippen LogP contribution in [-0.4, -0.2) is 411 Å². The van der Waals surface area contributed by atoms with Gasteiger partial charge in [-0.15, -0.1) is 0 Å². The molecule has 10 unspecified atom stereocenters. The maximum absolute atomic E-state index is 13.9. The van der Waals surface area contributed by atoms with Gasteiger partial charge in [0.2, 0.25) is 17.7 Å². The van der Waals surface area contributed by atoms with E-state index in [0.717, 1.165) is 77.0 Å². The number of carbonyl (C=O) groups excluding carboxylic acids is 6. The van der Waals surface area contributed by atoms with Crippen molar-refractivity contribution in [1.82, 2.24) is 28.3 Å². The number of amides is 3. The third-order valence-corrected chi connectivity index (χ3v) is 25.4. The van der Waals surface area contributed by atoms with Crippen LogP contribution in [0.4, 0.5) is 0 Å². The Hall–Kier alpha value is -3.90. The van der Waals surface area contributed by atoms with Gasteiger partial charge in [0.15, 0.2) is 42.5 Å². The van der Waals surface area contributed by atoms with Crippen molar-refractivity contribution >= 4 is 35.1 Å². The van der Waals surface area contributed by atoms with Crippen molar-refractivity contribution in [1.29, 1.82) is 0 Å². The van der Waals surface area contributed by atoms with Gasteiger partial charge in [-0.1, -0.05) is 104 Å². The first-order valence-electron chi connectivity index (χ1n) is 47.3. The molecule has 0 radical (unpaired) electrons. The summed E-state index contributed by atoms with van der Waals surface area (Å²) >= 11 is 0. The summed E-state index contributed by atoms with van der Waals surface area (Å²) in [7, 11) is 0. The van der Waals surface area contributed by atoms with E-state index < -0.39 is 203 Å². The highest BCUT2D eigenvalue weighted by molar-refractivity contribution is 5.86. The number of nitrogens with one attached hydrogen (secondary N) is 3. The lowest BCUT2D eigenvalue weighted by Gasteiger charge is -2.48. The van der Waals surface area contributed by atoms with E-state index in [1.54, 1.807) is 13.8 Å². The number of rotatable bonds is 63. The monoisotopic (exact) mass is 1890 g/mol. The van der Waals surface area contributed by atoms with Crippen LogP contribution in [0.2, 0.25) is 0 Å². The summed E-state index contributed by atoms with van der Waals surface area (Å²) in [5.41, 5.74) is 0. The van der Waals surface area contributed by atoms with Gasteiger partial charge in [0.1, 0.15) is 111 Å². The Bertz CT molecular complexity index is 2910. The molecule has 4 aliphatic heterocycles. The SMILES string of the molecule is CCC1CCC[C@@H](O[C@@H]2O[C@@H](CO)[C@H](O)C(O[C@@H](CC3CCCCC3)C(C)=O)C2NC(=O)CCC(=O)COCCOCCOCCOCCOCCOCCOCCOCCOCCOCCOCC(=O)NCC(=O)NC2C(O[C@@H](CC3CCCCC3)C(C)=O)[C@@H](O)[C@H](CO)O[C@H]2O[C@@H]2CCCC(CC)[C@H]2O[C@@H]2OC(C)[C@@H](O)[C@H](O)C2O)[C@@H]1O[C@@H]1OC(C)[C@@H](O)[C@H](O)C1O.N.N. The van der Waals surface area contributed by atoms with E-state index in [2.05, 4.69) is 16.0 Å². The number of carbonyl (C=O) groups is 6. The minimum atomic E-state index is -1.59. The highest BCUT2D eigenvalue weighted by Crippen LogP contribution is 2.41. The molecule has 8 aliphatic rings. The van der Waals surface area contributed by atoms with Gasteiger partial charge in [-0.05, 0) is 89.9 Å². The molecule has 19 N–H and O–H groups in total. The fourth-order valence-electron chi connectivity index (χ4n) is 17.9. The number of ether oxygens (including phenoxy) is 21. The lowest BCUT2D eigenvalue weighted by atomic mass is 9.82. The minimum Gasteiger partial charge on any atom is -0.394 e. The van der Waals surface area contributed by atoms with Gasteiger partial charge < -0.3 is 179 Å². The van der Waals surface area contributed by atoms with Crippen LogP contribution in [0.5, 0.6) is 0 Å². The van der Waals surface area contributed by atoms with E-state index in [9.17, 15) is 79.8 Å². The number of hydrogen-bond acceptors (Lipinski definition) is 39. The predicted molar refractivity (Wildman–Crippen MR) is 464 cm³/mol. The number of aliphatic hydroxyl groups is 10. The number of ketones is 3. The Balaban J connectivity index is 0.0000132. The summed E-state index contributed by atoms with van der Waals surface area (Å²) in [4.78, 5) is 80.2. The van der Waals surface area contributed by atoms with E-state index >= 15 is 0 Å². The smallest absolute Gasteiger partial charge is 0.246 e. The van der Waals surface area contributed by atoms with E-state index in [4.69, 9.17) is 99.5 Å². The minimum absolute atomic E-state index is 0. The Morgan fingerprint density at radius 1 is 0.351 bits per heavy atom. The van der Waals surface area contributed by atoms with Crippen molar-refractivity contribution < 1.29 is 179 Å². The molecule has 4 saturated carbocycles. The topological polar surface area (TPSA) is 605 Å². The molecule has 0 bridgehead atoms. The molecule has 0 spiro atoms. The molecule has 0 aromatic rings. The molecule has 42 nitrogen and oxygen atoms in total. The summed E-state index contributed by atoms with van der Waals surface area (Å²) in [6.07, 6.45) is -14.2. The largest absolute Gasteiger partial charge is 0.394 e. The summed E-state index contributed by atoms with van der Waals surface area (Å²) in [6, 6.07) is -2.55. The van der Waals surface area contributed by atoms with Crippen molar-refractivity contribution in [3.63, 3.8) is 0 Å². The van der Waals surface area contributed by atoms with Crippen LogP contribution in [0, 0.1) is 23.7 Å². The van der Waals surface area contributed by atoms with Crippen LogP contribution in [0.1, 0.15) is 183 Å². The van der Waals surface area contributed by atoms with Gasteiger partial charge in [-0.3, -0.25) is 28.8 Å². The van der Waals surface area contributed by atoms with Crippen molar-refractivity contribution in [3.05, 3.63) is 0 Å². The normalized spacial score (nSPS) is 32.6. The molecule has 4 heterocycles. The second kappa shape index (κ2) is 64.4. The molecule has 42 heteroatoms. The third-order valence-electron chi connectivity index (χ3n) is 25.4. The summed E-state index contributed by atoms with van der Waals surface area (Å²) < 4.78 is 125. The van der Waals surface area contributed by atoms with Crippen LogP contribution in [0.15, 0.2) is 0 Å². The molecule has 8 rings (SSSR count). The van der Waals surface area contributed by atoms with E-state index in [-0.39, 0.29) is 119 Å². The Labute approximate surface area is 770 Å². The van der Waals surface area contributed by atoms with Gasteiger partial charge in [0.05, 0.1) is 189 Å². The van der Waals surface area contributed by atoms with Crippen molar-refractivity contribution in [3.8, 4) is 0 Å². The molecule has 3 amide bonds. The number of aliphatic hydroxyl groups excluding tert-OH is 10. The highest BCUT2D eigenvalue weighted by Gasteiger charge is 2.55. The van der Waals surface area contributed by atoms with Gasteiger partial charge in [0.25, 0.3) is 0 Å². The molecule has 4 saturated heterocycles. The lowest BCUT2D eigenvalue weighted by molar-refractivity contribution is -0.337. The zero-order valence-corrected chi connectivity index (χ0v) is 78.0. The Kier molecular flexibility index (Phi) is 56.9. The standard InChI is InChI=1S/C89H155N3O37.2H3N/c1-7-60-21-15-23-63(82(60)128-88-80(107)78(105)74(101)56(5)120-88)124-86-72(84(76(103)67(50-93)126-86)122-65(54(3)95)47-58-17-11-9-12-18-58)91-69(98)26-25-62(97)52-118-45-43-116-41-39-114-37-35-112-33-31-110-29-27-109-28-30-111-32-34-113-36-38-115-40-42-117-44-46-119-53-71(100)90-49-70(99)92-73-85(123-66(55(4)96)48-59-19-13-10-14-20-59)77(104)68(51-94)127-87(73)125-64-24-16-22-61(8-2)83(64)129-89-81(108)79(106)75(102)57(6)121-89;;/h56-61,63-68,72-89,93-94,101-108H,7-53H2,1-6H3,(H,90,100)(H,91,98)(H,92,99);2*1H3/t56?,57?,60?,61?,63-,64-,65+,66+,67+,68+,72?,73?,74-,75-,76+,77+,78+,79+,80?,81?,82-,83-,84?,85?,86-,87-,88+,89+;;/m1../s1. The number of hydrogen-bond donors (Lipinski definition) is 15. The lowest BCUT2D eigenvalue weighted by Crippen LogP contribution is -2.67. The molecule has 0 aromatic heterocycles. The molecule has 0 aromatic carbocycles. The van der Waals surface area contributed by atoms with Crippen molar-refractivity contribution in [2.45, 2.75) is 342 Å². The number of Topliss-reactive ketones (excluding diaryl/α,β-unsaturated/α-hetero) is 3. The molecule has 764 valence electrons. The van der Waals surface area contributed by atoms with Gasteiger partial charge in [-0.2, -0.15) is 0 Å². The predicted octanol–water partition coefficient (Wildman–Crippen LogP) is 0.327.